The van der Waals surface area contributed by atoms with Crippen molar-refractivity contribution in [2.45, 2.75) is 19.9 Å². The van der Waals surface area contributed by atoms with Crippen molar-refractivity contribution in [1.29, 1.82) is 0 Å². The molecule has 0 unspecified atom stereocenters. The third-order valence-corrected chi connectivity index (χ3v) is 5.01. The highest BCUT2D eigenvalue weighted by Gasteiger charge is 2.25. The van der Waals surface area contributed by atoms with E-state index in [-0.39, 0.29) is 11.9 Å². The molecule has 25 heavy (non-hydrogen) atoms. The van der Waals surface area contributed by atoms with Crippen LogP contribution in [0.1, 0.15) is 30.4 Å². The predicted octanol–water partition coefficient (Wildman–Crippen LogP) is 3.80. The Bertz CT molecular complexity index is 749. The van der Waals surface area contributed by atoms with Gasteiger partial charge in [0.25, 0.3) is 5.91 Å². The fourth-order valence-electron chi connectivity index (χ4n) is 3.18. The topological polar surface area (TPSA) is 37.7 Å². The lowest BCUT2D eigenvalue weighted by Gasteiger charge is -2.36. The number of rotatable bonds is 4. The summed E-state index contributed by atoms with van der Waals surface area (Å²) in [6, 6.07) is 10.2. The normalized spacial score (nSPS) is 14.9. The maximum absolute atomic E-state index is 12.9. The molecule has 1 fully saturated rings. The molecule has 0 bridgehead atoms. The summed E-state index contributed by atoms with van der Waals surface area (Å²) in [6.45, 7) is 7.26. The van der Waals surface area contributed by atoms with Gasteiger partial charge in [0.05, 0.1) is 7.11 Å². The van der Waals surface area contributed by atoms with Crippen molar-refractivity contribution in [3.63, 3.8) is 0 Å². The molecule has 1 aliphatic heterocycles. The number of carbonyl (C=O) groups excluding carboxylic acids is 1. The van der Waals surface area contributed by atoms with Gasteiger partial charge in [0.2, 0.25) is 0 Å². The highest BCUT2D eigenvalue weighted by Crippen LogP contribution is 2.24. The number of ether oxygens (including phenoxy) is 1. The van der Waals surface area contributed by atoms with Crippen LogP contribution in [0.4, 0.5) is 5.69 Å². The number of hydrogen-bond donors (Lipinski definition) is 0. The van der Waals surface area contributed by atoms with Crippen LogP contribution in [0.3, 0.4) is 0 Å². The van der Waals surface area contributed by atoms with Gasteiger partial charge in [-0.1, -0.05) is 6.07 Å². The molecule has 1 amide bonds. The summed E-state index contributed by atoms with van der Waals surface area (Å²) >= 11 is 3.49. The third-order valence-electron chi connectivity index (χ3n) is 4.58. The number of anilines is 1. The summed E-state index contributed by atoms with van der Waals surface area (Å²) in [5.74, 6) is 0.959. The van der Waals surface area contributed by atoms with Crippen LogP contribution in [0, 0.1) is 0 Å². The smallest absolute Gasteiger partial charge is 0.270 e. The molecule has 5 nitrogen and oxygen atoms in total. The van der Waals surface area contributed by atoms with E-state index in [1.807, 2.05) is 39.9 Å². The number of methoxy groups -OCH3 is 1. The van der Waals surface area contributed by atoms with Crippen molar-refractivity contribution < 1.29 is 9.53 Å². The monoisotopic (exact) mass is 405 g/mol. The second-order valence-electron chi connectivity index (χ2n) is 6.53. The molecule has 134 valence electrons. The van der Waals surface area contributed by atoms with E-state index in [1.165, 1.54) is 0 Å². The van der Waals surface area contributed by atoms with Gasteiger partial charge >= 0.3 is 0 Å². The van der Waals surface area contributed by atoms with E-state index in [4.69, 9.17) is 4.74 Å². The maximum Gasteiger partial charge on any atom is 0.270 e. The molecule has 0 spiro atoms. The second-order valence-corrected chi connectivity index (χ2v) is 7.44. The molecule has 0 saturated carbocycles. The van der Waals surface area contributed by atoms with Crippen LogP contribution in [0.5, 0.6) is 5.75 Å². The Balaban J connectivity index is 1.69. The van der Waals surface area contributed by atoms with E-state index in [0.717, 1.165) is 47.8 Å². The molecule has 1 aliphatic rings. The van der Waals surface area contributed by atoms with Crippen LogP contribution >= 0.6 is 15.9 Å². The van der Waals surface area contributed by atoms with Gasteiger partial charge in [0.1, 0.15) is 11.4 Å². The molecular formula is C19H24BrN3O2. The zero-order valence-corrected chi connectivity index (χ0v) is 16.5. The highest BCUT2D eigenvalue weighted by molar-refractivity contribution is 9.10. The van der Waals surface area contributed by atoms with Crippen molar-refractivity contribution in [3.8, 4) is 5.75 Å². The van der Waals surface area contributed by atoms with E-state index in [1.54, 1.807) is 7.11 Å². The van der Waals surface area contributed by atoms with Crippen LogP contribution in [0.25, 0.3) is 0 Å². The summed E-state index contributed by atoms with van der Waals surface area (Å²) in [6.07, 6.45) is 1.98. The van der Waals surface area contributed by atoms with Crippen molar-refractivity contribution in [1.82, 2.24) is 9.47 Å². The quantitative estimate of drug-likeness (QED) is 0.775. The molecule has 0 radical (unpaired) electrons. The molecule has 2 heterocycles. The first-order valence-electron chi connectivity index (χ1n) is 8.55. The first-order chi connectivity index (χ1) is 12.0. The van der Waals surface area contributed by atoms with Gasteiger partial charge in [-0.15, -0.1) is 0 Å². The molecule has 0 aliphatic carbocycles. The van der Waals surface area contributed by atoms with Gasteiger partial charge in [-0.25, -0.2) is 0 Å². The highest BCUT2D eigenvalue weighted by atomic mass is 79.9. The Kier molecular flexibility index (Phi) is 5.37. The number of nitrogens with zero attached hydrogens (tertiary/aromatic N) is 3. The van der Waals surface area contributed by atoms with Gasteiger partial charge in [-0.05, 0) is 48.0 Å². The molecule has 0 atom stereocenters. The number of amides is 1. The van der Waals surface area contributed by atoms with Crippen molar-refractivity contribution >= 4 is 27.5 Å². The third kappa shape index (κ3) is 3.84. The van der Waals surface area contributed by atoms with Gasteiger partial charge in [-0.2, -0.15) is 0 Å². The van der Waals surface area contributed by atoms with E-state index >= 15 is 0 Å². The number of hydrogen-bond acceptors (Lipinski definition) is 3. The Morgan fingerprint density at radius 1 is 1.16 bits per heavy atom. The van der Waals surface area contributed by atoms with E-state index in [0.29, 0.717) is 0 Å². The van der Waals surface area contributed by atoms with Crippen LogP contribution in [0.2, 0.25) is 0 Å². The van der Waals surface area contributed by atoms with Crippen molar-refractivity contribution in [3.05, 3.63) is 46.7 Å². The average Bonchev–Trinajstić information content (AvgIpc) is 3.03. The van der Waals surface area contributed by atoms with Crippen LogP contribution in [0.15, 0.2) is 41.0 Å². The summed E-state index contributed by atoms with van der Waals surface area (Å²) in [5, 5.41) is 0. The Labute approximate surface area is 157 Å². The fraction of sp³-hybridized carbons (Fsp3) is 0.421. The number of halogens is 1. The standard InChI is InChI=1S/C19H24BrN3O2/c1-14(2)23-13-15(20)11-18(23)19(24)22-9-7-21(8-10-22)16-5-4-6-17(12-16)25-3/h4-6,11-14H,7-10H2,1-3H3. The molecule has 2 aromatic rings. The molecule has 6 heteroatoms. The SMILES string of the molecule is COc1cccc(N2CCN(C(=O)c3cc(Br)cn3C(C)C)CC2)c1. The summed E-state index contributed by atoms with van der Waals surface area (Å²) in [5.41, 5.74) is 1.89. The van der Waals surface area contributed by atoms with Crippen LogP contribution in [-0.4, -0.2) is 48.7 Å². The fourth-order valence-corrected chi connectivity index (χ4v) is 3.62. The summed E-state index contributed by atoms with van der Waals surface area (Å²) in [4.78, 5) is 17.2. The zero-order chi connectivity index (χ0) is 18.0. The first kappa shape index (κ1) is 17.9. The van der Waals surface area contributed by atoms with Crippen molar-refractivity contribution in [2.75, 3.05) is 38.2 Å². The second kappa shape index (κ2) is 7.52. The Morgan fingerprint density at radius 3 is 2.52 bits per heavy atom. The van der Waals surface area contributed by atoms with Gasteiger partial charge in [0.15, 0.2) is 0 Å². The molecule has 0 N–H and O–H groups in total. The number of aromatic nitrogens is 1. The lowest BCUT2D eigenvalue weighted by Crippen LogP contribution is -2.49. The minimum absolute atomic E-state index is 0.102. The van der Waals surface area contributed by atoms with Crippen molar-refractivity contribution in [2.24, 2.45) is 0 Å². The predicted molar refractivity (Wildman–Crippen MR) is 104 cm³/mol. The summed E-state index contributed by atoms with van der Waals surface area (Å²) in [7, 11) is 1.68. The lowest BCUT2D eigenvalue weighted by atomic mass is 10.2. The van der Waals surface area contributed by atoms with E-state index < -0.39 is 0 Å². The van der Waals surface area contributed by atoms with Gasteiger partial charge < -0.3 is 19.1 Å². The molecule has 1 aromatic heterocycles. The molecule has 3 rings (SSSR count). The average molecular weight is 406 g/mol. The minimum atomic E-state index is 0.102. The largest absolute Gasteiger partial charge is 0.497 e. The first-order valence-corrected chi connectivity index (χ1v) is 9.34. The molecule has 1 aromatic carbocycles. The number of carbonyl (C=O) groups is 1. The molecule has 1 saturated heterocycles. The molecular weight excluding hydrogens is 382 g/mol. The van der Waals surface area contributed by atoms with Gasteiger partial charge in [-0.3, -0.25) is 4.79 Å². The Morgan fingerprint density at radius 2 is 1.88 bits per heavy atom. The Hall–Kier alpha value is -1.95. The minimum Gasteiger partial charge on any atom is -0.497 e. The number of benzene rings is 1. The van der Waals surface area contributed by atoms with Gasteiger partial charge in [0, 0.05) is 54.6 Å². The zero-order valence-electron chi connectivity index (χ0n) is 14.9. The van der Waals surface area contributed by atoms with E-state index in [2.05, 4.69) is 40.7 Å². The van der Waals surface area contributed by atoms with Crippen LogP contribution < -0.4 is 9.64 Å². The lowest BCUT2D eigenvalue weighted by molar-refractivity contribution is 0.0734. The number of piperazine rings is 1. The van der Waals surface area contributed by atoms with E-state index in [9.17, 15) is 4.79 Å². The maximum atomic E-state index is 12.9. The summed E-state index contributed by atoms with van der Waals surface area (Å²) < 4.78 is 8.27. The van der Waals surface area contributed by atoms with Crippen LogP contribution in [-0.2, 0) is 0 Å².